The Morgan fingerprint density at radius 2 is 1.64 bits per heavy atom. The zero-order valence-corrected chi connectivity index (χ0v) is 16.6. The number of anilines is 1. The van der Waals surface area contributed by atoms with E-state index in [0.29, 0.717) is 6.54 Å². The smallest absolute Gasteiger partial charge is 0.238 e. The Balaban J connectivity index is 2.00. The van der Waals surface area contributed by atoms with Crippen LogP contribution >= 0.6 is 46.4 Å². The maximum atomic E-state index is 12.3. The third-order valence-corrected chi connectivity index (χ3v) is 4.98. The molecule has 2 rings (SSSR count). The van der Waals surface area contributed by atoms with Gasteiger partial charge in [0.05, 0.1) is 39.4 Å². The average molecular weight is 422 g/mol. The van der Waals surface area contributed by atoms with Crippen molar-refractivity contribution in [3.8, 4) is 5.75 Å². The van der Waals surface area contributed by atoms with Crippen LogP contribution in [0.2, 0.25) is 20.1 Å². The molecule has 25 heavy (non-hydrogen) atoms. The van der Waals surface area contributed by atoms with E-state index in [1.807, 2.05) is 36.2 Å². The van der Waals surface area contributed by atoms with Gasteiger partial charge < -0.3 is 10.1 Å². The summed E-state index contributed by atoms with van der Waals surface area (Å²) in [5.74, 6) is 0.504. The molecule has 0 aliphatic carbocycles. The maximum absolute atomic E-state index is 12.3. The van der Waals surface area contributed by atoms with Gasteiger partial charge in [0.15, 0.2) is 0 Å². The van der Waals surface area contributed by atoms with Gasteiger partial charge >= 0.3 is 0 Å². The van der Waals surface area contributed by atoms with E-state index in [0.717, 1.165) is 11.3 Å². The molecule has 2 aromatic rings. The Morgan fingerprint density at radius 1 is 1.08 bits per heavy atom. The van der Waals surface area contributed by atoms with Crippen molar-refractivity contribution in [1.29, 1.82) is 0 Å². The van der Waals surface area contributed by atoms with Crippen LogP contribution in [-0.4, -0.2) is 31.5 Å². The molecule has 0 bridgehead atoms. The van der Waals surface area contributed by atoms with E-state index in [-0.39, 0.29) is 38.2 Å². The molecular weight excluding hydrogens is 406 g/mol. The molecule has 0 spiro atoms. The number of carbonyl (C=O) groups is 1. The van der Waals surface area contributed by atoms with Crippen LogP contribution in [0.3, 0.4) is 0 Å². The van der Waals surface area contributed by atoms with Crippen molar-refractivity contribution in [3.05, 3.63) is 56.0 Å². The lowest BCUT2D eigenvalue weighted by atomic mass is 10.2. The Kier molecular flexibility index (Phi) is 7.23. The van der Waals surface area contributed by atoms with Crippen LogP contribution in [0.4, 0.5) is 5.69 Å². The van der Waals surface area contributed by atoms with Crippen molar-refractivity contribution in [2.45, 2.75) is 6.54 Å². The number of halogens is 4. The first-order chi connectivity index (χ1) is 11.8. The van der Waals surface area contributed by atoms with E-state index in [9.17, 15) is 4.79 Å². The molecule has 134 valence electrons. The lowest BCUT2D eigenvalue weighted by molar-refractivity contribution is -0.117. The number of amides is 1. The molecule has 0 saturated carbocycles. The molecule has 2 aromatic carbocycles. The third-order valence-electron chi connectivity index (χ3n) is 3.40. The van der Waals surface area contributed by atoms with E-state index in [4.69, 9.17) is 51.1 Å². The summed E-state index contributed by atoms with van der Waals surface area (Å²) in [6.45, 7) is 0.734. The first-order valence-corrected chi connectivity index (χ1v) is 8.77. The van der Waals surface area contributed by atoms with Crippen molar-refractivity contribution >= 4 is 58.0 Å². The Labute approximate surface area is 166 Å². The van der Waals surface area contributed by atoms with Gasteiger partial charge in [-0.15, -0.1) is 0 Å². The number of methoxy groups -OCH3 is 1. The number of hydrogen-bond donors (Lipinski definition) is 1. The summed E-state index contributed by atoms with van der Waals surface area (Å²) < 4.78 is 5.12. The summed E-state index contributed by atoms with van der Waals surface area (Å²) >= 11 is 24.1. The molecule has 1 N–H and O–H groups in total. The van der Waals surface area contributed by atoms with Crippen LogP contribution in [0.15, 0.2) is 30.3 Å². The first kappa shape index (κ1) is 20.1. The molecule has 0 aliphatic rings. The Bertz CT molecular complexity index is 740. The topological polar surface area (TPSA) is 41.6 Å². The molecule has 0 fully saturated rings. The molecule has 8 heteroatoms. The summed E-state index contributed by atoms with van der Waals surface area (Å²) in [4.78, 5) is 14.1. The van der Waals surface area contributed by atoms with Crippen LogP contribution in [0.1, 0.15) is 5.56 Å². The van der Waals surface area contributed by atoms with Crippen LogP contribution in [0.25, 0.3) is 0 Å². The lowest BCUT2D eigenvalue weighted by Crippen LogP contribution is -2.30. The molecule has 0 unspecified atom stereocenters. The van der Waals surface area contributed by atoms with Gasteiger partial charge in [0.1, 0.15) is 5.75 Å². The summed E-state index contributed by atoms with van der Waals surface area (Å²) in [5.41, 5.74) is 1.27. The van der Waals surface area contributed by atoms with E-state index in [2.05, 4.69) is 5.32 Å². The van der Waals surface area contributed by atoms with Gasteiger partial charge in [-0.25, -0.2) is 0 Å². The van der Waals surface area contributed by atoms with E-state index in [1.54, 1.807) is 7.11 Å². The van der Waals surface area contributed by atoms with Gasteiger partial charge in [-0.3, -0.25) is 9.69 Å². The van der Waals surface area contributed by atoms with Gasteiger partial charge in [-0.1, -0.05) is 58.5 Å². The second kappa shape index (κ2) is 8.97. The maximum Gasteiger partial charge on any atom is 0.238 e. The second-order valence-corrected chi connectivity index (χ2v) is 6.98. The SMILES string of the molecule is COc1ccc(CN(C)CC(=O)Nc2c(Cl)c(Cl)cc(Cl)c2Cl)cc1. The fourth-order valence-corrected chi connectivity index (χ4v) is 3.11. The molecule has 0 aliphatic heterocycles. The largest absolute Gasteiger partial charge is 0.497 e. The highest BCUT2D eigenvalue weighted by molar-refractivity contribution is 6.50. The molecule has 0 radical (unpaired) electrons. The number of ether oxygens (including phenoxy) is 1. The fraction of sp³-hybridized carbons (Fsp3) is 0.235. The summed E-state index contributed by atoms with van der Waals surface area (Å²) in [7, 11) is 3.45. The minimum Gasteiger partial charge on any atom is -0.497 e. The van der Waals surface area contributed by atoms with Crippen LogP contribution in [0, 0.1) is 0 Å². The monoisotopic (exact) mass is 420 g/mol. The minimum atomic E-state index is -0.279. The highest BCUT2D eigenvalue weighted by atomic mass is 35.5. The minimum absolute atomic E-state index is 0.142. The second-order valence-electron chi connectivity index (χ2n) is 5.41. The average Bonchev–Trinajstić information content (AvgIpc) is 2.57. The normalized spacial score (nSPS) is 10.8. The Morgan fingerprint density at radius 3 is 2.16 bits per heavy atom. The zero-order valence-electron chi connectivity index (χ0n) is 13.6. The zero-order chi connectivity index (χ0) is 18.6. The van der Waals surface area contributed by atoms with Crippen LogP contribution in [0.5, 0.6) is 5.75 Å². The fourth-order valence-electron chi connectivity index (χ4n) is 2.21. The van der Waals surface area contributed by atoms with E-state index >= 15 is 0 Å². The van der Waals surface area contributed by atoms with Gasteiger partial charge in [-0.05, 0) is 30.8 Å². The van der Waals surface area contributed by atoms with Crippen molar-refractivity contribution in [2.24, 2.45) is 0 Å². The molecule has 0 saturated heterocycles. The number of carbonyl (C=O) groups excluding carboxylic acids is 1. The summed E-state index contributed by atoms with van der Waals surface area (Å²) in [6.07, 6.45) is 0. The van der Waals surface area contributed by atoms with Gasteiger partial charge in [0.2, 0.25) is 5.91 Å². The van der Waals surface area contributed by atoms with Crippen molar-refractivity contribution in [2.75, 3.05) is 26.0 Å². The number of likely N-dealkylation sites (N-methyl/N-ethyl adjacent to an activating group) is 1. The molecule has 0 aromatic heterocycles. The predicted octanol–water partition coefficient (Wildman–Crippen LogP) is 5.38. The van der Waals surface area contributed by atoms with E-state index in [1.165, 1.54) is 6.07 Å². The molecular formula is C17H16Cl4N2O2. The number of nitrogens with one attached hydrogen (secondary N) is 1. The number of rotatable bonds is 6. The lowest BCUT2D eigenvalue weighted by Gasteiger charge is -2.18. The first-order valence-electron chi connectivity index (χ1n) is 7.26. The number of benzene rings is 2. The van der Waals surface area contributed by atoms with Crippen LogP contribution in [-0.2, 0) is 11.3 Å². The van der Waals surface area contributed by atoms with Crippen LogP contribution < -0.4 is 10.1 Å². The predicted molar refractivity (Wildman–Crippen MR) is 104 cm³/mol. The molecule has 1 amide bonds. The van der Waals surface area contributed by atoms with Gasteiger partial charge in [0.25, 0.3) is 0 Å². The third kappa shape index (κ3) is 5.40. The molecule has 4 nitrogen and oxygen atoms in total. The van der Waals surface area contributed by atoms with Gasteiger partial charge in [-0.2, -0.15) is 0 Å². The van der Waals surface area contributed by atoms with Gasteiger partial charge in [0, 0.05) is 6.54 Å². The van der Waals surface area contributed by atoms with E-state index < -0.39 is 0 Å². The summed E-state index contributed by atoms with van der Waals surface area (Å²) in [5, 5.41) is 3.41. The number of hydrogen-bond acceptors (Lipinski definition) is 3. The molecule has 0 atom stereocenters. The highest BCUT2D eigenvalue weighted by Gasteiger charge is 2.17. The van der Waals surface area contributed by atoms with Crippen molar-refractivity contribution in [1.82, 2.24) is 4.90 Å². The quantitative estimate of drug-likeness (QED) is 0.636. The standard InChI is InChI=1S/C17H16Cl4N2O2/c1-23(8-10-3-5-11(25-2)6-4-10)9-14(24)22-17-15(20)12(18)7-13(19)16(17)21/h3-7H,8-9H2,1-2H3,(H,22,24). The number of nitrogens with zero attached hydrogens (tertiary/aromatic N) is 1. The highest BCUT2D eigenvalue weighted by Crippen LogP contribution is 2.40. The molecule has 0 heterocycles. The van der Waals surface area contributed by atoms with Crippen molar-refractivity contribution in [3.63, 3.8) is 0 Å². The van der Waals surface area contributed by atoms with Crippen molar-refractivity contribution < 1.29 is 9.53 Å². The Hall–Kier alpha value is -1.17. The summed E-state index contributed by atoms with van der Waals surface area (Å²) in [6, 6.07) is 9.06.